The zero-order chi connectivity index (χ0) is 31.0. The standard InChI is InChI=1S/C22H15N2.C21H14N.Ir/c1-4-10-17(11-5-1)20-21(18-12-6-2-7-13-18)23-16-24-22(20)19-14-8-3-9-15-19;1-3-9-16(10-4-1)19-15-21(17-11-5-2-6-12-17)22-20-14-8-7-13-18(19)20;/h1-14,16H;1-11,13-15H;/q2*-1;. The second-order valence-corrected chi connectivity index (χ2v) is 10.7. The predicted octanol–water partition coefficient (Wildman–Crippen LogP) is 10.6. The van der Waals surface area contributed by atoms with Crippen LogP contribution in [0, 0.1) is 12.1 Å². The van der Waals surface area contributed by atoms with Crippen LogP contribution in [0.2, 0.25) is 0 Å². The minimum atomic E-state index is 0. The van der Waals surface area contributed by atoms with Gasteiger partial charge >= 0.3 is 0 Å². The van der Waals surface area contributed by atoms with Crippen LogP contribution in [0.5, 0.6) is 0 Å². The summed E-state index contributed by atoms with van der Waals surface area (Å²) in [5, 5.41) is 1.17. The molecular formula is C43H29IrN3-2. The van der Waals surface area contributed by atoms with E-state index < -0.39 is 0 Å². The number of rotatable bonds is 5. The molecule has 0 unspecified atom stereocenters. The maximum absolute atomic E-state index is 4.80. The second-order valence-electron chi connectivity index (χ2n) is 10.7. The first-order valence-electron chi connectivity index (χ1n) is 15.2. The third-order valence-corrected chi connectivity index (χ3v) is 7.71. The Morgan fingerprint density at radius 1 is 0.447 bits per heavy atom. The van der Waals surface area contributed by atoms with Gasteiger partial charge in [0, 0.05) is 31.1 Å². The summed E-state index contributed by atoms with van der Waals surface area (Å²) in [6, 6.07) is 63.8. The van der Waals surface area contributed by atoms with Crippen molar-refractivity contribution in [3.8, 4) is 56.0 Å². The van der Waals surface area contributed by atoms with Gasteiger partial charge in [0.2, 0.25) is 0 Å². The topological polar surface area (TPSA) is 38.7 Å². The molecule has 3 nitrogen and oxygen atoms in total. The molecule has 0 bridgehead atoms. The first kappa shape index (κ1) is 31.4. The van der Waals surface area contributed by atoms with Crippen LogP contribution >= 0.6 is 0 Å². The van der Waals surface area contributed by atoms with Crippen molar-refractivity contribution in [2.75, 3.05) is 0 Å². The average Bonchev–Trinajstić information content (AvgIpc) is 3.16. The van der Waals surface area contributed by atoms with E-state index in [0.717, 1.165) is 50.4 Å². The summed E-state index contributed by atoms with van der Waals surface area (Å²) in [7, 11) is 0. The molecule has 1 radical (unpaired) electrons. The van der Waals surface area contributed by atoms with Crippen LogP contribution in [-0.2, 0) is 20.1 Å². The van der Waals surface area contributed by atoms with Crippen LogP contribution in [0.4, 0.5) is 0 Å². The molecule has 6 aromatic carbocycles. The molecule has 0 aliphatic rings. The Morgan fingerprint density at radius 2 is 0.979 bits per heavy atom. The van der Waals surface area contributed by atoms with Crippen molar-refractivity contribution in [3.63, 3.8) is 0 Å². The number of hydrogen-bond donors (Lipinski definition) is 0. The minimum Gasteiger partial charge on any atom is -0.296 e. The summed E-state index contributed by atoms with van der Waals surface area (Å²) in [6.07, 6.45) is 1.63. The summed E-state index contributed by atoms with van der Waals surface area (Å²) in [4.78, 5) is 14.0. The summed E-state index contributed by atoms with van der Waals surface area (Å²) >= 11 is 0. The van der Waals surface area contributed by atoms with Gasteiger partial charge < -0.3 is 0 Å². The molecule has 0 atom stereocenters. The Labute approximate surface area is 289 Å². The number of fused-ring (bicyclic) bond motifs is 1. The fourth-order valence-electron chi connectivity index (χ4n) is 5.55. The van der Waals surface area contributed by atoms with E-state index in [-0.39, 0.29) is 20.1 Å². The molecule has 0 aliphatic carbocycles. The van der Waals surface area contributed by atoms with Crippen LogP contribution in [0.3, 0.4) is 0 Å². The van der Waals surface area contributed by atoms with E-state index in [0.29, 0.717) is 0 Å². The van der Waals surface area contributed by atoms with E-state index in [2.05, 4.69) is 94.9 Å². The van der Waals surface area contributed by atoms with Crippen molar-refractivity contribution in [2.45, 2.75) is 0 Å². The van der Waals surface area contributed by atoms with Crippen molar-refractivity contribution < 1.29 is 20.1 Å². The minimum absolute atomic E-state index is 0. The van der Waals surface area contributed by atoms with E-state index in [1.807, 2.05) is 97.1 Å². The molecule has 0 fully saturated rings. The third-order valence-electron chi connectivity index (χ3n) is 7.71. The van der Waals surface area contributed by atoms with Gasteiger partial charge in [-0.1, -0.05) is 115 Å². The predicted molar refractivity (Wildman–Crippen MR) is 189 cm³/mol. The van der Waals surface area contributed by atoms with E-state index in [1.54, 1.807) is 6.33 Å². The van der Waals surface area contributed by atoms with Crippen molar-refractivity contribution in [3.05, 3.63) is 188 Å². The number of para-hydroxylation sites is 1. The Hall–Kier alpha value is -5.54. The molecule has 2 aromatic heterocycles. The molecule has 0 spiro atoms. The van der Waals surface area contributed by atoms with Crippen molar-refractivity contribution in [1.29, 1.82) is 0 Å². The zero-order valence-electron chi connectivity index (χ0n) is 25.4. The Kier molecular flexibility index (Phi) is 10.1. The summed E-state index contributed by atoms with van der Waals surface area (Å²) in [6.45, 7) is 0. The summed E-state index contributed by atoms with van der Waals surface area (Å²) < 4.78 is 0. The fourth-order valence-corrected chi connectivity index (χ4v) is 5.55. The van der Waals surface area contributed by atoms with Crippen LogP contribution in [0.25, 0.3) is 66.9 Å². The second kappa shape index (κ2) is 15.2. The van der Waals surface area contributed by atoms with Crippen LogP contribution < -0.4 is 0 Å². The molecule has 2 heterocycles. The monoisotopic (exact) mass is 780 g/mol. The molecule has 47 heavy (non-hydrogen) atoms. The average molecular weight is 780 g/mol. The molecule has 8 rings (SSSR count). The van der Waals surface area contributed by atoms with Crippen LogP contribution in [0.1, 0.15) is 0 Å². The van der Waals surface area contributed by atoms with Gasteiger partial charge in [0.25, 0.3) is 0 Å². The number of benzene rings is 6. The molecule has 227 valence electrons. The van der Waals surface area contributed by atoms with E-state index >= 15 is 0 Å². The van der Waals surface area contributed by atoms with Gasteiger partial charge in [-0.2, -0.15) is 0 Å². The smallest absolute Gasteiger partial charge is 0.106 e. The Morgan fingerprint density at radius 3 is 1.62 bits per heavy atom. The molecule has 0 saturated carbocycles. The Balaban J connectivity index is 0.000000161. The maximum Gasteiger partial charge on any atom is 0.106 e. The van der Waals surface area contributed by atoms with Gasteiger partial charge in [0.1, 0.15) is 6.33 Å². The number of nitrogens with zero attached hydrogens (tertiary/aromatic N) is 3. The van der Waals surface area contributed by atoms with E-state index in [9.17, 15) is 0 Å². The molecular weight excluding hydrogens is 751 g/mol. The molecule has 0 saturated heterocycles. The molecule has 0 N–H and O–H groups in total. The van der Waals surface area contributed by atoms with Crippen LogP contribution in [0.15, 0.2) is 176 Å². The van der Waals surface area contributed by atoms with Gasteiger partial charge in [-0.15, -0.1) is 71.8 Å². The Bertz CT molecular complexity index is 2110. The van der Waals surface area contributed by atoms with Crippen molar-refractivity contribution in [2.24, 2.45) is 0 Å². The van der Waals surface area contributed by atoms with Gasteiger partial charge in [-0.25, -0.2) is 4.98 Å². The first-order valence-corrected chi connectivity index (χ1v) is 15.2. The number of aromatic nitrogens is 3. The SMILES string of the molecule is [Ir].[c-]1ccccc1-c1cc(-c2ccccc2)c2ccccc2n1.[c-]1ccccc1-c1ncnc(-c2ccccc2)c1-c1ccccc1. The van der Waals surface area contributed by atoms with E-state index in [4.69, 9.17) is 4.98 Å². The van der Waals surface area contributed by atoms with E-state index in [1.165, 1.54) is 16.5 Å². The van der Waals surface area contributed by atoms with Gasteiger partial charge in [0.05, 0.1) is 11.2 Å². The first-order chi connectivity index (χ1) is 22.8. The third kappa shape index (κ3) is 7.15. The zero-order valence-corrected chi connectivity index (χ0v) is 27.8. The largest absolute Gasteiger partial charge is 0.296 e. The molecule has 4 heteroatoms. The summed E-state index contributed by atoms with van der Waals surface area (Å²) in [5.41, 5.74) is 11.4. The quantitative estimate of drug-likeness (QED) is 0.163. The molecule has 0 aliphatic heterocycles. The van der Waals surface area contributed by atoms with Crippen LogP contribution in [-0.4, -0.2) is 15.0 Å². The molecule has 8 aromatic rings. The van der Waals surface area contributed by atoms with Gasteiger partial charge in [-0.3, -0.25) is 9.97 Å². The normalized spacial score (nSPS) is 10.4. The van der Waals surface area contributed by atoms with Crippen molar-refractivity contribution in [1.82, 2.24) is 15.0 Å². The number of hydrogen-bond acceptors (Lipinski definition) is 3. The fraction of sp³-hybridized carbons (Fsp3) is 0. The maximum atomic E-state index is 4.80. The molecule has 0 amide bonds. The van der Waals surface area contributed by atoms with Crippen molar-refractivity contribution >= 4 is 10.9 Å². The summed E-state index contributed by atoms with van der Waals surface area (Å²) in [5.74, 6) is 0. The van der Waals surface area contributed by atoms with Gasteiger partial charge in [-0.05, 0) is 39.7 Å². The number of pyridine rings is 1. The van der Waals surface area contributed by atoms with Gasteiger partial charge in [0.15, 0.2) is 0 Å².